The van der Waals surface area contributed by atoms with Gasteiger partial charge in [0, 0.05) is 0 Å². The lowest BCUT2D eigenvalue weighted by Gasteiger charge is -1.88. The van der Waals surface area contributed by atoms with Crippen molar-refractivity contribution in [2.75, 3.05) is 0 Å². The van der Waals surface area contributed by atoms with E-state index in [-0.39, 0.29) is 0 Å². The number of rotatable bonds is 4. The molecular formula is C10H14. The SMILES string of the molecule is C=CCC(=C)C=CC=CC. The van der Waals surface area contributed by atoms with Crippen molar-refractivity contribution < 1.29 is 0 Å². The zero-order chi connectivity index (χ0) is 7.82. The number of allylic oxidation sites excluding steroid dienone is 6. The summed E-state index contributed by atoms with van der Waals surface area (Å²) >= 11 is 0. The molecule has 0 amide bonds. The topological polar surface area (TPSA) is 0 Å². The highest BCUT2D eigenvalue weighted by Crippen LogP contribution is 1.99. The average Bonchev–Trinajstić information content (AvgIpc) is 1.89. The van der Waals surface area contributed by atoms with Crippen molar-refractivity contribution in [1.29, 1.82) is 0 Å². The van der Waals surface area contributed by atoms with E-state index in [1.54, 1.807) is 0 Å². The molecule has 10 heavy (non-hydrogen) atoms. The summed E-state index contributed by atoms with van der Waals surface area (Å²) in [6, 6.07) is 0. The third-order valence-corrected chi connectivity index (χ3v) is 1.04. The van der Waals surface area contributed by atoms with E-state index in [2.05, 4.69) is 13.2 Å². The largest absolute Gasteiger partial charge is 0.103 e. The second-order valence-corrected chi connectivity index (χ2v) is 2.04. The highest BCUT2D eigenvalue weighted by molar-refractivity contribution is 5.20. The maximum atomic E-state index is 3.82. The Kier molecular flexibility index (Phi) is 5.45. The van der Waals surface area contributed by atoms with Gasteiger partial charge in [0.25, 0.3) is 0 Å². The molecule has 0 nitrogen and oxygen atoms in total. The van der Waals surface area contributed by atoms with Crippen LogP contribution in [0.4, 0.5) is 0 Å². The standard InChI is InChI=1S/C10H14/c1-4-6-7-9-10(3)8-5-2/h4-7,9H,2-3,8H2,1H3. The Bertz CT molecular complexity index is 159. The molecule has 0 radical (unpaired) electrons. The normalized spacial score (nSPS) is 10.9. The van der Waals surface area contributed by atoms with E-state index in [4.69, 9.17) is 0 Å². The molecule has 0 rings (SSSR count). The van der Waals surface area contributed by atoms with E-state index in [9.17, 15) is 0 Å². The van der Waals surface area contributed by atoms with Crippen molar-refractivity contribution in [2.45, 2.75) is 13.3 Å². The lowest BCUT2D eigenvalue weighted by Crippen LogP contribution is -1.68. The van der Waals surface area contributed by atoms with Gasteiger partial charge in [-0.1, -0.05) is 42.5 Å². The van der Waals surface area contributed by atoms with Gasteiger partial charge in [-0.15, -0.1) is 6.58 Å². The Morgan fingerprint density at radius 3 is 2.60 bits per heavy atom. The van der Waals surface area contributed by atoms with Crippen molar-refractivity contribution in [3.63, 3.8) is 0 Å². The predicted molar refractivity (Wildman–Crippen MR) is 47.9 cm³/mol. The van der Waals surface area contributed by atoms with Crippen LogP contribution in [0, 0.1) is 0 Å². The molecule has 54 valence electrons. The summed E-state index contributed by atoms with van der Waals surface area (Å²) in [6.07, 6.45) is 10.6. The molecule has 0 unspecified atom stereocenters. The van der Waals surface area contributed by atoms with E-state index >= 15 is 0 Å². The molecule has 0 aliphatic rings. The molecule has 0 aromatic rings. The van der Waals surface area contributed by atoms with Gasteiger partial charge in [0.1, 0.15) is 0 Å². The Balaban J connectivity index is 3.66. The van der Waals surface area contributed by atoms with Crippen LogP contribution in [-0.2, 0) is 0 Å². The van der Waals surface area contributed by atoms with Gasteiger partial charge in [-0.05, 0) is 13.3 Å². The molecule has 0 fully saturated rings. The zero-order valence-electron chi connectivity index (χ0n) is 6.51. The van der Waals surface area contributed by atoms with Crippen molar-refractivity contribution in [3.8, 4) is 0 Å². The minimum absolute atomic E-state index is 0.869. The number of hydrogen-bond acceptors (Lipinski definition) is 0. The minimum Gasteiger partial charge on any atom is -0.103 e. The summed E-state index contributed by atoms with van der Waals surface area (Å²) in [4.78, 5) is 0. The minimum atomic E-state index is 0.869. The summed E-state index contributed by atoms with van der Waals surface area (Å²) < 4.78 is 0. The van der Waals surface area contributed by atoms with Crippen LogP contribution in [0.25, 0.3) is 0 Å². The number of hydrogen-bond donors (Lipinski definition) is 0. The van der Waals surface area contributed by atoms with Gasteiger partial charge in [-0.25, -0.2) is 0 Å². The summed E-state index contributed by atoms with van der Waals surface area (Å²) in [5.74, 6) is 0. The van der Waals surface area contributed by atoms with E-state index < -0.39 is 0 Å². The van der Waals surface area contributed by atoms with E-state index in [1.165, 1.54) is 0 Å². The molecule has 0 aromatic carbocycles. The van der Waals surface area contributed by atoms with Gasteiger partial charge < -0.3 is 0 Å². The molecule has 0 bridgehead atoms. The Labute approximate surface area is 63.3 Å². The van der Waals surface area contributed by atoms with Crippen molar-refractivity contribution in [1.82, 2.24) is 0 Å². The fraction of sp³-hybridized carbons (Fsp3) is 0.200. The third kappa shape index (κ3) is 5.10. The van der Waals surface area contributed by atoms with Gasteiger partial charge in [-0.3, -0.25) is 0 Å². The summed E-state index contributed by atoms with van der Waals surface area (Å²) in [5, 5.41) is 0. The molecule has 0 saturated heterocycles. The van der Waals surface area contributed by atoms with Crippen molar-refractivity contribution in [3.05, 3.63) is 49.1 Å². The molecule has 0 aliphatic heterocycles. The van der Waals surface area contributed by atoms with Crippen molar-refractivity contribution >= 4 is 0 Å². The average molecular weight is 134 g/mol. The molecule has 0 aliphatic carbocycles. The first-order valence-electron chi connectivity index (χ1n) is 3.39. The second kappa shape index (κ2) is 6.09. The highest BCUT2D eigenvalue weighted by Gasteiger charge is 1.79. The third-order valence-electron chi connectivity index (χ3n) is 1.04. The first kappa shape index (κ1) is 8.96. The molecule has 0 heterocycles. The lowest BCUT2D eigenvalue weighted by molar-refractivity contribution is 1.31. The fourth-order valence-corrected chi connectivity index (χ4v) is 0.556. The van der Waals surface area contributed by atoms with E-state index in [0.29, 0.717) is 0 Å². The predicted octanol–water partition coefficient (Wildman–Crippen LogP) is 3.25. The van der Waals surface area contributed by atoms with Gasteiger partial charge in [0.15, 0.2) is 0 Å². The lowest BCUT2D eigenvalue weighted by atomic mass is 10.2. The molecule has 0 atom stereocenters. The quantitative estimate of drug-likeness (QED) is 0.409. The van der Waals surface area contributed by atoms with Gasteiger partial charge in [0.05, 0.1) is 0 Å². The monoisotopic (exact) mass is 134 g/mol. The van der Waals surface area contributed by atoms with Crippen LogP contribution in [0.5, 0.6) is 0 Å². The molecule has 0 N–H and O–H groups in total. The Morgan fingerprint density at radius 1 is 1.40 bits per heavy atom. The van der Waals surface area contributed by atoms with Crippen LogP contribution in [0.2, 0.25) is 0 Å². The van der Waals surface area contributed by atoms with Crippen LogP contribution in [0.15, 0.2) is 49.1 Å². The maximum Gasteiger partial charge on any atom is -0.0106 e. The molecule has 0 spiro atoms. The second-order valence-electron chi connectivity index (χ2n) is 2.04. The van der Waals surface area contributed by atoms with Crippen molar-refractivity contribution in [2.24, 2.45) is 0 Å². The molecule has 0 saturated carbocycles. The van der Waals surface area contributed by atoms with Gasteiger partial charge >= 0.3 is 0 Å². The van der Waals surface area contributed by atoms with E-state index in [0.717, 1.165) is 12.0 Å². The highest BCUT2D eigenvalue weighted by atomic mass is 13.8. The van der Waals surface area contributed by atoms with E-state index in [1.807, 2.05) is 37.3 Å². The first-order valence-corrected chi connectivity index (χ1v) is 3.39. The van der Waals surface area contributed by atoms with Crippen LogP contribution in [0.1, 0.15) is 13.3 Å². The Hall–Kier alpha value is -1.04. The summed E-state index contributed by atoms with van der Waals surface area (Å²) in [7, 11) is 0. The molecular weight excluding hydrogens is 120 g/mol. The van der Waals surface area contributed by atoms with Crippen LogP contribution < -0.4 is 0 Å². The van der Waals surface area contributed by atoms with Crippen LogP contribution >= 0.6 is 0 Å². The van der Waals surface area contributed by atoms with Crippen LogP contribution in [0.3, 0.4) is 0 Å². The fourth-order valence-electron chi connectivity index (χ4n) is 0.556. The smallest absolute Gasteiger partial charge is 0.0106 e. The van der Waals surface area contributed by atoms with Gasteiger partial charge in [-0.2, -0.15) is 0 Å². The van der Waals surface area contributed by atoms with Gasteiger partial charge in [0.2, 0.25) is 0 Å². The maximum absolute atomic E-state index is 3.82. The zero-order valence-corrected chi connectivity index (χ0v) is 6.51. The Morgan fingerprint density at radius 2 is 2.10 bits per heavy atom. The molecule has 0 aromatic heterocycles. The van der Waals surface area contributed by atoms with Crippen LogP contribution in [-0.4, -0.2) is 0 Å². The first-order chi connectivity index (χ1) is 4.81. The molecule has 0 heteroatoms. The summed E-state index contributed by atoms with van der Waals surface area (Å²) in [6.45, 7) is 9.43. The summed E-state index contributed by atoms with van der Waals surface area (Å²) in [5.41, 5.74) is 1.09.